The van der Waals surface area contributed by atoms with Crippen LogP contribution in [-0.2, 0) is 9.53 Å². The van der Waals surface area contributed by atoms with E-state index in [0.29, 0.717) is 12.3 Å². The van der Waals surface area contributed by atoms with Crippen LogP contribution in [0.15, 0.2) is 35.9 Å². The van der Waals surface area contributed by atoms with Gasteiger partial charge in [-0.15, -0.1) is 0 Å². The number of rotatable bonds is 6. The van der Waals surface area contributed by atoms with Gasteiger partial charge in [0.15, 0.2) is 0 Å². The Morgan fingerprint density at radius 2 is 2.04 bits per heavy atom. The van der Waals surface area contributed by atoms with Crippen LogP contribution in [0.1, 0.15) is 29.9 Å². The van der Waals surface area contributed by atoms with Crippen molar-refractivity contribution in [1.29, 1.82) is 5.26 Å². The van der Waals surface area contributed by atoms with E-state index in [0.717, 1.165) is 20.5 Å². The number of amides is 1. The predicted molar refractivity (Wildman–Crippen MR) is 112 cm³/mol. The summed E-state index contributed by atoms with van der Waals surface area (Å²) in [5.74, 6) is -0.413. The molecular weight excluding hydrogens is 441 g/mol. The van der Waals surface area contributed by atoms with Gasteiger partial charge in [-0.1, -0.05) is 0 Å². The third kappa shape index (κ3) is 4.74. The first kappa shape index (κ1) is 20.2. The molecule has 1 unspecified atom stereocenters. The number of nitrogens with zero attached hydrogens (tertiary/aromatic N) is 2. The van der Waals surface area contributed by atoms with Crippen molar-refractivity contribution in [3.05, 3.63) is 56.4 Å². The van der Waals surface area contributed by atoms with Gasteiger partial charge in [-0.05, 0) is 85.3 Å². The van der Waals surface area contributed by atoms with Crippen LogP contribution in [0, 0.1) is 28.7 Å². The monoisotopic (exact) mass is 463 g/mol. The minimum atomic E-state index is -0.413. The summed E-state index contributed by atoms with van der Waals surface area (Å²) < 4.78 is 8.47. The molecule has 0 spiro atoms. The highest BCUT2D eigenvalue weighted by Crippen LogP contribution is 2.23. The van der Waals surface area contributed by atoms with Gasteiger partial charge in [-0.2, -0.15) is 5.26 Å². The molecule has 0 saturated heterocycles. The molecule has 1 aromatic carbocycles. The van der Waals surface area contributed by atoms with Gasteiger partial charge in [0.25, 0.3) is 5.91 Å². The van der Waals surface area contributed by atoms with Gasteiger partial charge in [0, 0.05) is 27.8 Å². The van der Waals surface area contributed by atoms with Crippen molar-refractivity contribution >= 4 is 40.3 Å². The zero-order chi connectivity index (χ0) is 19.3. The Labute approximate surface area is 167 Å². The molecule has 1 heterocycles. The lowest BCUT2D eigenvalue weighted by Crippen LogP contribution is -2.14. The molecule has 1 atom stereocenters. The molecule has 0 radical (unpaired) electrons. The van der Waals surface area contributed by atoms with Gasteiger partial charge in [0.2, 0.25) is 0 Å². The zero-order valence-electron chi connectivity index (χ0n) is 15.3. The van der Waals surface area contributed by atoms with E-state index in [9.17, 15) is 10.1 Å². The number of aryl methyl sites for hydroxylation is 1. The van der Waals surface area contributed by atoms with E-state index in [-0.39, 0.29) is 11.6 Å². The predicted octanol–water partition coefficient (Wildman–Crippen LogP) is 4.46. The van der Waals surface area contributed by atoms with Crippen LogP contribution < -0.4 is 5.32 Å². The summed E-state index contributed by atoms with van der Waals surface area (Å²) >= 11 is 2.20. The van der Waals surface area contributed by atoms with Crippen molar-refractivity contribution in [3.8, 4) is 6.07 Å². The number of nitriles is 1. The molecule has 0 fully saturated rings. The number of halogens is 1. The van der Waals surface area contributed by atoms with Gasteiger partial charge in [-0.25, -0.2) is 0 Å². The standard InChI is InChI=1S/C20H22IN3O2/c1-13-9-16(15(3)24(13)14(2)12-26-4)10-17(11-22)20(25)23-19-7-5-18(21)6-8-19/h5-10,14H,12H2,1-4H3,(H,23,25)/b17-10+. The van der Waals surface area contributed by atoms with Crippen LogP contribution >= 0.6 is 22.6 Å². The Bertz CT molecular complexity index is 860. The first-order valence-corrected chi connectivity index (χ1v) is 9.31. The second-order valence-electron chi connectivity index (χ2n) is 6.13. The van der Waals surface area contributed by atoms with Crippen LogP contribution in [0.25, 0.3) is 6.08 Å². The largest absolute Gasteiger partial charge is 0.383 e. The summed E-state index contributed by atoms with van der Waals surface area (Å²) in [6, 6.07) is 11.6. The molecule has 1 amide bonds. The van der Waals surface area contributed by atoms with E-state index in [1.54, 1.807) is 13.2 Å². The van der Waals surface area contributed by atoms with Gasteiger partial charge >= 0.3 is 0 Å². The minimum Gasteiger partial charge on any atom is -0.383 e. The molecule has 6 heteroatoms. The Hall–Kier alpha value is -2.11. The fraction of sp³-hybridized carbons (Fsp3) is 0.300. The van der Waals surface area contributed by atoms with Crippen molar-refractivity contribution in [3.63, 3.8) is 0 Å². The van der Waals surface area contributed by atoms with E-state index >= 15 is 0 Å². The summed E-state index contributed by atoms with van der Waals surface area (Å²) in [5, 5.41) is 12.2. The van der Waals surface area contributed by atoms with E-state index in [1.165, 1.54) is 0 Å². The molecular formula is C20H22IN3O2. The van der Waals surface area contributed by atoms with E-state index in [4.69, 9.17) is 4.74 Å². The fourth-order valence-electron chi connectivity index (χ4n) is 2.98. The highest BCUT2D eigenvalue weighted by atomic mass is 127. The lowest BCUT2D eigenvalue weighted by atomic mass is 10.1. The van der Waals surface area contributed by atoms with Crippen molar-refractivity contribution in [2.75, 3.05) is 19.0 Å². The van der Waals surface area contributed by atoms with Crippen LogP contribution in [-0.4, -0.2) is 24.2 Å². The quantitative estimate of drug-likeness (QED) is 0.391. The molecule has 0 bridgehead atoms. The Morgan fingerprint density at radius 3 is 2.62 bits per heavy atom. The number of nitrogens with one attached hydrogen (secondary N) is 1. The fourth-order valence-corrected chi connectivity index (χ4v) is 3.34. The second-order valence-corrected chi connectivity index (χ2v) is 7.38. The molecule has 136 valence electrons. The molecule has 5 nitrogen and oxygen atoms in total. The van der Waals surface area contributed by atoms with Gasteiger partial charge < -0.3 is 14.6 Å². The molecule has 26 heavy (non-hydrogen) atoms. The van der Waals surface area contributed by atoms with Crippen molar-refractivity contribution in [1.82, 2.24) is 4.57 Å². The first-order chi connectivity index (χ1) is 12.4. The van der Waals surface area contributed by atoms with Crippen LogP contribution in [0.3, 0.4) is 0 Å². The topological polar surface area (TPSA) is 67.0 Å². The smallest absolute Gasteiger partial charge is 0.266 e. The van der Waals surface area contributed by atoms with Crippen molar-refractivity contribution in [2.24, 2.45) is 0 Å². The van der Waals surface area contributed by atoms with E-state index in [1.807, 2.05) is 50.2 Å². The first-order valence-electron chi connectivity index (χ1n) is 8.23. The van der Waals surface area contributed by atoms with Crippen LogP contribution in [0.4, 0.5) is 5.69 Å². The summed E-state index contributed by atoms with van der Waals surface area (Å²) in [6.45, 7) is 6.66. The normalized spacial score (nSPS) is 12.5. The molecule has 0 aliphatic rings. The minimum absolute atomic E-state index is 0.0724. The van der Waals surface area contributed by atoms with Gasteiger partial charge in [0.1, 0.15) is 11.6 Å². The molecule has 0 saturated carbocycles. The number of hydrogen-bond donors (Lipinski definition) is 1. The molecule has 1 aromatic heterocycles. The second kappa shape index (κ2) is 9.01. The summed E-state index contributed by atoms with van der Waals surface area (Å²) in [5.41, 5.74) is 3.66. The number of methoxy groups -OCH3 is 1. The number of ether oxygens (including phenoxy) is 1. The van der Waals surface area contributed by atoms with Crippen molar-refractivity contribution in [2.45, 2.75) is 26.8 Å². The summed E-state index contributed by atoms with van der Waals surface area (Å²) in [6.07, 6.45) is 1.64. The molecule has 2 rings (SSSR count). The van der Waals surface area contributed by atoms with Crippen LogP contribution in [0.5, 0.6) is 0 Å². The summed E-state index contributed by atoms with van der Waals surface area (Å²) in [4.78, 5) is 12.4. The molecule has 1 N–H and O–H groups in total. The third-order valence-corrected chi connectivity index (χ3v) is 4.86. The van der Waals surface area contributed by atoms with Gasteiger partial charge in [-0.3, -0.25) is 4.79 Å². The third-order valence-electron chi connectivity index (χ3n) is 4.14. The highest BCUT2D eigenvalue weighted by molar-refractivity contribution is 14.1. The molecule has 0 aliphatic heterocycles. The molecule has 2 aromatic rings. The van der Waals surface area contributed by atoms with E-state index < -0.39 is 5.91 Å². The summed E-state index contributed by atoms with van der Waals surface area (Å²) in [7, 11) is 1.67. The molecule has 0 aliphatic carbocycles. The number of aromatic nitrogens is 1. The van der Waals surface area contributed by atoms with Crippen LogP contribution in [0.2, 0.25) is 0 Å². The SMILES string of the molecule is COCC(C)n1c(C)cc(/C=C(\C#N)C(=O)Nc2ccc(I)cc2)c1C. The lowest BCUT2D eigenvalue weighted by Gasteiger charge is -2.17. The maximum absolute atomic E-state index is 12.4. The maximum atomic E-state index is 12.4. The van der Waals surface area contributed by atoms with Gasteiger partial charge in [0.05, 0.1) is 12.6 Å². The average Bonchev–Trinajstić information content (AvgIpc) is 2.88. The number of carbonyl (C=O) groups excluding carboxylic acids is 1. The average molecular weight is 463 g/mol. The number of hydrogen-bond acceptors (Lipinski definition) is 3. The Morgan fingerprint density at radius 1 is 1.38 bits per heavy atom. The lowest BCUT2D eigenvalue weighted by molar-refractivity contribution is -0.112. The highest BCUT2D eigenvalue weighted by Gasteiger charge is 2.16. The maximum Gasteiger partial charge on any atom is 0.266 e. The van der Waals surface area contributed by atoms with E-state index in [2.05, 4.69) is 39.4 Å². The number of carbonyl (C=O) groups is 1. The number of benzene rings is 1. The zero-order valence-corrected chi connectivity index (χ0v) is 17.5. The Balaban J connectivity index is 2.28. The Kier molecular flexibility index (Phi) is 7.00. The number of anilines is 1. The van der Waals surface area contributed by atoms with Crippen molar-refractivity contribution < 1.29 is 9.53 Å².